The van der Waals surface area contributed by atoms with Crippen LogP contribution in [0.5, 0.6) is 0 Å². The molecule has 0 heterocycles. The van der Waals surface area contributed by atoms with Crippen LogP contribution >= 0.6 is 0 Å². The minimum atomic E-state index is -1.03. The molecule has 2 N–H and O–H groups in total. The highest BCUT2D eigenvalue weighted by Gasteiger charge is 2.31. The molecule has 0 spiro atoms. The van der Waals surface area contributed by atoms with E-state index in [1.165, 1.54) is 4.90 Å². The number of carbonyl (C=O) groups excluding carboxylic acids is 1. The summed E-state index contributed by atoms with van der Waals surface area (Å²) in [6.07, 6.45) is 1.59. The molecule has 0 radical (unpaired) electrons. The number of amides is 1. The van der Waals surface area contributed by atoms with Gasteiger partial charge in [-0.3, -0.25) is 4.21 Å². The van der Waals surface area contributed by atoms with E-state index in [1.807, 2.05) is 26.8 Å². The second-order valence-corrected chi connectivity index (χ2v) is 8.40. The van der Waals surface area contributed by atoms with Crippen molar-refractivity contribution in [1.29, 1.82) is 0 Å². The maximum Gasteiger partial charge on any atom is 0.410 e. The number of hydrogen-bond acceptors (Lipinski definition) is 4. The van der Waals surface area contributed by atoms with Crippen molar-refractivity contribution in [2.45, 2.75) is 55.9 Å². The highest BCUT2D eigenvalue weighted by Crippen LogP contribution is 2.32. The van der Waals surface area contributed by atoms with Crippen molar-refractivity contribution >= 4 is 22.6 Å². The Morgan fingerprint density at radius 3 is 2.59 bits per heavy atom. The molecule has 1 aromatic carbocycles. The number of nitrogens with zero attached hydrogens (tertiary/aromatic N) is 1. The van der Waals surface area contributed by atoms with Crippen molar-refractivity contribution in [3.63, 3.8) is 0 Å². The van der Waals surface area contributed by atoms with Crippen LogP contribution in [0.3, 0.4) is 0 Å². The van der Waals surface area contributed by atoms with Gasteiger partial charge in [-0.15, -0.1) is 0 Å². The molecule has 1 amide bonds. The lowest BCUT2D eigenvalue weighted by atomic mass is 10.2. The molecule has 1 unspecified atom stereocenters. The second-order valence-electron chi connectivity index (χ2n) is 6.70. The van der Waals surface area contributed by atoms with Crippen LogP contribution in [0.4, 0.5) is 10.5 Å². The van der Waals surface area contributed by atoms with Gasteiger partial charge in [-0.25, -0.2) is 4.79 Å². The van der Waals surface area contributed by atoms with Crippen molar-refractivity contribution in [3.8, 4) is 0 Å². The van der Waals surface area contributed by atoms with Gasteiger partial charge in [-0.2, -0.15) is 0 Å². The molecule has 1 aromatic rings. The molecule has 1 fully saturated rings. The van der Waals surface area contributed by atoms with Gasteiger partial charge in [0.2, 0.25) is 0 Å². The molecule has 122 valence electrons. The maximum absolute atomic E-state index is 12.5. The third-order valence-corrected chi connectivity index (χ3v) is 5.15. The fourth-order valence-corrected chi connectivity index (χ4v) is 3.55. The second kappa shape index (κ2) is 6.28. The summed E-state index contributed by atoms with van der Waals surface area (Å²) in [5.74, 6) is 0. The minimum Gasteiger partial charge on any atom is -0.444 e. The van der Waals surface area contributed by atoms with Gasteiger partial charge in [0.15, 0.2) is 0 Å². The first kappa shape index (κ1) is 16.8. The Bertz CT molecular complexity index is 592. The fraction of sp³-hybridized carbons (Fsp3) is 0.562. The number of anilines is 1. The number of benzene rings is 1. The smallest absolute Gasteiger partial charge is 0.410 e. The summed E-state index contributed by atoms with van der Waals surface area (Å²) in [5, 5.41) is 0.245. The quantitative estimate of drug-likeness (QED) is 0.864. The first-order valence-electron chi connectivity index (χ1n) is 7.40. The number of nitrogens with two attached hydrogens (primary N) is 1. The first-order chi connectivity index (χ1) is 10.2. The summed E-state index contributed by atoms with van der Waals surface area (Å²) in [4.78, 5) is 14.3. The third-order valence-electron chi connectivity index (χ3n) is 3.24. The average Bonchev–Trinajstić information content (AvgIpc) is 3.20. The Hall–Kier alpha value is -1.56. The predicted octanol–water partition coefficient (Wildman–Crippen LogP) is 2.91. The molecule has 1 aliphatic rings. The van der Waals surface area contributed by atoms with Gasteiger partial charge < -0.3 is 15.4 Å². The number of rotatable bonds is 4. The van der Waals surface area contributed by atoms with E-state index in [9.17, 15) is 9.00 Å². The van der Waals surface area contributed by atoms with E-state index in [1.54, 1.807) is 19.2 Å². The van der Waals surface area contributed by atoms with Crippen molar-refractivity contribution in [2.24, 2.45) is 0 Å². The Kier molecular flexibility index (Phi) is 4.80. The number of nitrogen functional groups attached to an aromatic ring is 1. The Balaban J connectivity index is 2.15. The summed E-state index contributed by atoms with van der Waals surface area (Å²) < 4.78 is 17.8. The van der Waals surface area contributed by atoms with E-state index < -0.39 is 22.5 Å². The van der Waals surface area contributed by atoms with Gasteiger partial charge in [0.25, 0.3) is 0 Å². The lowest BCUT2D eigenvalue weighted by Gasteiger charge is -2.25. The lowest BCUT2D eigenvalue weighted by Crippen LogP contribution is -2.34. The summed E-state index contributed by atoms with van der Waals surface area (Å²) in [6.45, 7) is 5.81. The number of hydrogen-bond donors (Lipinski definition) is 1. The van der Waals surface area contributed by atoms with Gasteiger partial charge in [0, 0.05) is 29.4 Å². The lowest BCUT2D eigenvalue weighted by molar-refractivity contribution is 0.0284. The molecule has 0 saturated heterocycles. The fourth-order valence-electron chi connectivity index (χ4n) is 2.04. The van der Waals surface area contributed by atoms with Crippen LogP contribution in [0, 0.1) is 0 Å². The zero-order chi connectivity index (χ0) is 16.5. The Morgan fingerprint density at radius 2 is 2.05 bits per heavy atom. The molecular formula is C16H24N2O3S. The van der Waals surface area contributed by atoms with Crippen molar-refractivity contribution in [1.82, 2.24) is 4.90 Å². The molecule has 6 heteroatoms. The van der Waals surface area contributed by atoms with Crippen LogP contribution in [0.2, 0.25) is 0 Å². The van der Waals surface area contributed by atoms with Crippen LogP contribution in [-0.2, 0) is 22.1 Å². The van der Waals surface area contributed by atoms with E-state index in [0.717, 1.165) is 23.3 Å². The first-order valence-corrected chi connectivity index (χ1v) is 8.62. The molecule has 0 bridgehead atoms. The van der Waals surface area contributed by atoms with Crippen LogP contribution in [0.25, 0.3) is 0 Å². The Labute approximate surface area is 134 Å². The number of carbonyl (C=O) groups is 1. The van der Waals surface area contributed by atoms with Crippen molar-refractivity contribution < 1.29 is 13.7 Å². The van der Waals surface area contributed by atoms with E-state index in [0.29, 0.717) is 12.2 Å². The van der Waals surface area contributed by atoms with E-state index >= 15 is 0 Å². The highest BCUT2D eigenvalue weighted by atomic mass is 32.2. The monoisotopic (exact) mass is 324 g/mol. The van der Waals surface area contributed by atoms with Crippen molar-refractivity contribution in [2.75, 3.05) is 12.8 Å². The standard InChI is InChI=1S/C16H24N2O3S/c1-16(2,3)21-15(19)18(4)10-11-9-12(17)5-8-14(11)22(20)13-6-7-13/h5,8-9,13H,6-7,10,17H2,1-4H3. The van der Waals surface area contributed by atoms with Gasteiger partial charge in [0.05, 0.1) is 10.8 Å². The minimum absolute atomic E-state index is 0.245. The van der Waals surface area contributed by atoms with Crippen LogP contribution < -0.4 is 5.73 Å². The summed E-state index contributed by atoms with van der Waals surface area (Å²) in [7, 11) is 0.641. The van der Waals surface area contributed by atoms with Gasteiger partial charge in [0.1, 0.15) is 5.60 Å². The molecule has 0 aromatic heterocycles. The summed E-state index contributed by atoms with van der Waals surface area (Å²) in [5.41, 5.74) is 6.72. The molecule has 1 atom stereocenters. The Morgan fingerprint density at radius 1 is 1.41 bits per heavy atom. The molecule has 0 aliphatic heterocycles. The SMILES string of the molecule is CN(Cc1cc(N)ccc1S(=O)C1CC1)C(=O)OC(C)(C)C. The molecule has 22 heavy (non-hydrogen) atoms. The van der Waals surface area contributed by atoms with Crippen LogP contribution in [0.1, 0.15) is 39.2 Å². The van der Waals surface area contributed by atoms with Gasteiger partial charge >= 0.3 is 6.09 Å². The zero-order valence-electron chi connectivity index (χ0n) is 13.6. The topological polar surface area (TPSA) is 72.6 Å². The molecular weight excluding hydrogens is 300 g/mol. The molecule has 2 rings (SSSR count). The van der Waals surface area contributed by atoms with Gasteiger partial charge in [-0.05, 0) is 57.4 Å². The van der Waals surface area contributed by atoms with Crippen LogP contribution in [0.15, 0.2) is 23.1 Å². The molecule has 5 nitrogen and oxygen atoms in total. The van der Waals surface area contributed by atoms with Crippen molar-refractivity contribution in [3.05, 3.63) is 23.8 Å². The zero-order valence-corrected chi connectivity index (χ0v) is 14.4. The van der Waals surface area contributed by atoms with E-state index in [-0.39, 0.29) is 5.25 Å². The maximum atomic E-state index is 12.5. The summed E-state index contributed by atoms with van der Waals surface area (Å²) in [6, 6.07) is 5.35. The normalized spacial score (nSPS) is 16.2. The predicted molar refractivity (Wildman–Crippen MR) is 88.0 cm³/mol. The average molecular weight is 324 g/mol. The van der Waals surface area contributed by atoms with Gasteiger partial charge in [-0.1, -0.05) is 0 Å². The summed E-state index contributed by atoms with van der Waals surface area (Å²) >= 11 is 0. The molecule has 1 aliphatic carbocycles. The number of ether oxygens (including phenoxy) is 1. The third kappa shape index (κ3) is 4.47. The van der Waals surface area contributed by atoms with Crippen LogP contribution in [-0.4, -0.2) is 33.1 Å². The van der Waals surface area contributed by atoms with E-state index in [2.05, 4.69) is 0 Å². The molecule has 1 saturated carbocycles. The highest BCUT2D eigenvalue weighted by molar-refractivity contribution is 7.86. The van der Waals surface area contributed by atoms with E-state index in [4.69, 9.17) is 10.5 Å². The largest absolute Gasteiger partial charge is 0.444 e.